The minimum absolute atomic E-state index is 0.120. The van der Waals surface area contributed by atoms with Crippen LogP contribution in [0.25, 0.3) is 11.0 Å². The molecule has 0 atom stereocenters. The van der Waals surface area contributed by atoms with Gasteiger partial charge in [0.05, 0.1) is 24.8 Å². The number of methoxy groups -OCH3 is 1. The quantitative estimate of drug-likeness (QED) is 0.618. The molecule has 0 aliphatic carbocycles. The van der Waals surface area contributed by atoms with Gasteiger partial charge in [-0.3, -0.25) is 4.79 Å². The number of hydrogen-bond acceptors (Lipinski definition) is 4. The number of amides is 1. The second-order valence-electron chi connectivity index (χ2n) is 6.21. The Hall–Kier alpha value is -3.02. The summed E-state index contributed by atoms with van der Waals surface area (Å²) in [6.07, 6.45) is 0.821. The van der Waals surface area contributed by atoms with Crippen LogP contribution in [0, 0.1) is 6.92 Å². The van der Waals surface area contributed by atoms with E-state index in [0.29, 0.717) is 30.2 Å². The highest BCUT2D eigenvalue weighted by molar-refractivity contribution is 5.94. The Morgan fingerprint density at radius 1 is 1.19 bits per heavy atom. The highest BCUT2D eigenvalue weighted by Gasteiger charge is 2.11. The first-order valence-corrected chi connectivity index (χ1v) is 9.15. The molecule has 6 heteroatoms. The molecule has 0 aliphatic heterocycles. The molecule has 0 aliphatic rings. The first-order valence-electron chi connectivity index (χ1n) is 9.15. The third-order valence-electron chi connectivity index (χ3n) is 4.42. The summed E-state index contributed by atoms with van der Waals surface area (Å²) in [7, 11) is 1.58. The van der Waals surface area contributed by atoms with Gasteiger partial charge in [0.25, 0.3) is 5.91 Å². The molecule has 6 nitrogen and oxygen atoms in total. The predicted octanol–water partition coefficient (Wildman–Crippen LogP) is 3.57. The molecule has 0 unspecified atom stereocenters. The first-order chi connectivity index (χ1) is 13.1. The van der Waals surface area contributed by atoms with Crippen molar-refractivity contribution in [2.45, 2.75) is 26.8 Å². The molecule has 1 N–H and O–H groups in total. The van der Waals surface area contributed by atoms with Crippen LogP contribution in [-0.2, 0) is 6.54 Å². The Morgan fingerprint density at radius 2 is 2.00 bits per heavy atom. The van der Waals surface area contributed by atoms with Crippen molar-refractivity contribution < 1.29 is 14.3 Å². The number of benzene rings is 2. The standard InChI is InChI=1S/C21H25N3O3/c1-4-27-20-14-16(10-11-19(20)26-3)21(25)22-12-7-13-24-15(2)23-17-8-5-6-9-18(17)24/h5-6,8-11,14H,4,7,12-13H2,1-3H3,(H,22,25). The number of carbonyl (C=O) groups excluding carboxylic acids is 1. The monoisotopic (exact) mass is 367 g/mol. The van der Waals surface area contributed by atoms with E-state index in [9.17, 15) is 4.79 Å². The zero-order valence-corrected chi connectivity index (χ0v) is 16.0. The summed E-state index contributed by atoms with van der Waals surface area (Å²) in [4.78, 5) is 17.0. The van der Waals surface area contributed by atoms with Gasteiger partial charge in [0.1, 0.15) is 5.82 Å². The van der Waals surface area contributed by atoms with Crippen molar-refractivity contribution in [3.8, 4) is 11.5 Å². The van der Waals surface area contributed by atoms with Crippen molar-refractivity contribution in [1.82, 2.24) is 14.9 Å². The Bertz CT molecular complexity index is 934. The van der Waals surface area contributed by atoms with Gasteiger partial charge in [-0.25, -0.2) is 4.98 Å². The molecule has 1 heterocycles. The number of fused-ring (bicyclic) bond motifs is 1. The third kappa shape index (κ3) is 4.22. The molecule has 0 radical (unpaired) electrons. The number of para-hydroxylation sites is 2. The Balaban J connectivity index is 1.58. The fraction of sp³-hybridized carbons (Fsp3) is 0.333. The molecule has 0 saturated heterocycles. The van der Waals surface area contributed by atoms with E-state index in [1.54, 1.807) is 25.3 Å². The topological polar surface area (TPSA) is 65.4 Å². The number of nitrogens with zero attached hydrogens (tertiary/aromatic N) is 2. The second-order valence-corrected chi connectivity index (χ2v) is 6.21. The van der Waals surface area contributed by atoms with Crippen molar-refractivity contribution in [2.24, 2.45) is 0 Å². The van der Waals surface area contributed by atoms with E-state index in [2.05, 4.69) is 20.9 Å². The SMILES string of the molecule is CCOc1cc(C(=O)NCCCn2c(C)nc3ccccc32)ccc1OC. The predicted molar refractivity (Wildman–Crippen MR) is 106 cm³/mol. The molecule has 142 valence electrons. The van der Waals surface area contributed by atoms with Gasteiger partial charge >= 0.3 is 0 Å². The van der Waals surface area contributed by atoms with Crippen LogP contribution in [0.4, 0.5) is 0 Å². The lowest BCUT2D eigenvalue weighted by Crippen LogP contribution is -2.25. The highest BCUT2D eigenvalue weighted by Crippen LogP contribution is 2.28. The van der Waals surface area contributed by atoms with Gasteiger partial charge < -0.3 is 19.4 Å². The Labute approximate surface area is 159 Å². The van der Waals surface area contributed by atoms with Crippen LogP contribution in [0.2, 0.25) is 0 Å². The lowest BCUT2D eigenvalue weighted by molar-refractivity contribution is 0.0952. The van der Waals surface area contributed by atoms with Gasteiger partial charge in [0, 0.05) is 18.7 Å². The van der Waals surface area contributed by atoms with Crippen molar-refractivity contribution in [1.29, 1.82) is 0 Å². The van der Waals surface area contributed by atoms with Gasteiger partial charge in [0.2, 0.25) is 0 Å². The fourth-order valence-electron chi connectivity index (χ4n) is 3.11. The van der Waals surface area contributed by atoms with E-state index < -0.39 is 0 Å². The number of imidazole rings is 1. The molecule has 0 bridgehead atoms. The zero-order valence-electron chi connectivity index (χ0n) is 16.0. The molecule has 2 aromatic carbocycles. The van der Waals surface area contributed by atoms with Gasteiger partial charge in [-0.2, -0.15) is 0 Å². The van der Waals surface area contributed by atoms with E-state index in [-0.39, 0.29) is 5.91 Å². The van der Waals surface area contributed by atoms with Gasteiger partial charge in [0.15, 0.2) is 11.5 Å². The number of nitrogens with one attached hydrogen (secondary N) is 1. The van der Waals surface area contributed by atoms with E-state index in [1.807, 2.05) is 32.0 Å². The molecule has 0 spiro atoms. The summed E-state index contributed by atoms with van der Waals surface area (Å²) in [6, 6.07) is 13.3. The third-order valence-corrected chi connectivity index (χ3v) is 4.42. The maximum absolute atomic E-state index is 12.4. The summed E-state index contributed by atoms with van der Waals surface area (Å²) in [6.45, 7) is 5.80. The summed E-state index contributed by atoms with van der Waals surface area (Å²) < 4.78 is 13.0. The number of aryl methyl sites for hydroxylation is 2. The molecule has 1 aromatic heterocycles. The average molecular weight is 367 g/mol. The van der Waals surface area contributed by atoms with Gasteiger partial charge in [-0.1, -0.05) is 12.1 Å². The molecule has 27 heavy (non-hydrogen) atoms. The summed E-state index contributed by atoms with van der Waals surface area (Å²) in [5.74, 6) is 2.06. The highest BCUT2D eigenvalue weighted by atomic mass is 16.5. The smallest absolute Gasteiger partial charge is 0.251 e. The maximum atomic E-state index is 12.4. The number of carbonyl (C=O) groups is 1. The molecule has 3 rings (SSSR count). The van der Waals surface area contributed by atoms with Crippen LogP contribution in [-0.4, -0.2) is 35.7 Å². The molecule has 0 fully saturated rings. The molecule has 1 amide bonds. The Morgan fingerprint density at radius 3 is 2.78 bits per heavy atom. The first kappa shape index (κ1) is 18.8. The molecular formula is C21H25N3O3. The normalized spacial score (nSPS) is 10.8. The van der Waals surface area contributed by atoms with Crippen LogP contribution >= 0.6 is 0 Å². The van der Waals surface area contributed by atoms with Crippen molar-refractivity contribution in [3.05, 3.63) is 53.9 Å². The summed E-state index contributed by atoms with van der Waals surface area (Å²) >= 11 is 0. The summed E-state index contributed by atoms with van der Waals surface area (Å²) in [5.41, 5.74) is 2.68. The van der Waals surface area contributed by atoms with Crippen molar-refractivity contribution in [3.63, 3.8) is 0 Å². The molecule has 0 saturated carbocycles. The number of ether oxygens (including phenoxy) is 2. The van der Waals surface area contributed by atoms with Crippen LogP contribution in [0.3, 0.4) is 0 Å². The van der Waals surface area contributed by atoms with Gasteiger partial charge in [-0.05, 0) is 50.6 Å². The largest absolute Gasteiger partial charge is 0.493 e. The van der Waals surface area contributed by atoms with Crippen molar-refractivity contribution >= 4 is 16.9 Å². The minimum Gasteiger partial charge on any atom is -0.493 e. The van der Waals surface area contributed by atoms with E-state index in [4.69, 9.17) is 9.47 Å². The summed E-state index contributed by atoms with van der Waals surface area (Å²) in [5, 5.41) is 2.97. The van der Waals surface area contributed by atoms with E-state index >= 15 is 0 Å². The van der Waals surface area contributed by atoms with Gasteiger partial charge in [-0.15, -0.1) is 0 Å². The number of hydrogen-bond donors (Lipinski definition) is 1. The number of rotatable bonds is 8. The maximum Gasteiger partial charge on any atom is 0.251 e. The van der Waals surface area contributed by atoms with Crippen LogP contribution < -0.4 is 14.8 Å². The zero-order chi connectivity index (χ0) is 19.2. The average Bonchev–Trinajstić information content (AvgIpc) is 3.00. The Kier molecular flexibility index (Phi) is 5.96. The molecule has 3 aromatic rings. The lowest BCUT2D eigenvalue weighted by atomic mass is 10.2. The van der Waals surface area contributed by atoms with Crippen molar-refractivity contribution in [2.75, 3.05) is 20.3 Å². The fourth-order valence-corrected chi connectivity index (χ4v) is 3.11. The number of aromatic nitrogens is 2. The van der Waals surface area contributed by atoms with Crippen LogP contribution in [0.5, 0.6) is 11.5 Å². The van der Waals surface area contributed by atoms with E-state index in [1.165, 1.54) is 0 Å². The van der Waals surface area contributed by atoms with Crippen LogP contribution in [0.1, 0.15) is 29.5 Å². The second kappa shape index (κ2) is 8.58. The van der Waals surface area contributed by atoms with Crippen LogP contribution in [0.15, 0.2) is 42.5 Å². The molecular weight excluding hydrogens is 342 g/mol. The van der Waals surface area contributed by atoms with E-state index in [0.717, 1.165) is 29.8 Å². The minimum atomic E-state index is -0.120. The lowest BCUT2D eigenvalue weighted by Gasteiger charge is -2.12.